The van der Waals surface area contributed by atoms with E-state index in [2.05, 4.69) is 0 Å². The fraction of sp³-hybridized carbons (Fsp3) is 0.800. The number of Topliss-reactive ketones (excluding diaryl/α,β-unsaturated/α-hetero) is 1. The molecule has 2 atom stereocenters. The Labute approximate surface area is 88.6 Å². The molecule has 0 saturated carbocycles. The number of carboxylic acid groups (broad SMARTS) is 1. The molecular weight excluding hydrogens is 198 g/mol. The van der Waals surface area contributed by atoms with Crippen molar-refractivity contribution in [1.29, 1.82) is 0 Å². The van der Waals surface area contributed by atoms with Crippen LogP contribution in [0.5, 0.6) is 0 Å². The van der Waals surface area contributed by atoms with Gasteiger partial charge in [0.25, 0.3) is 0 Å². The maximum Gasteiger partial charge on any atom is 0.320 e. The fourth-order valence-corrected chi connectivity index (χ4v) is 1.36. The zero-order chi connectivity index (χ0) is 11.3. The zero-order valence-electron chi connectivity index (χ0n) is 8.65. The molecule has 0 aliphatic carbocycles. The number of epoxide rings is 1. The summed E-state index contributed by atoms with van der Waals surface area (Å²) in [5.41, 5.74) is 5.33. The normalized spacial score (nSPS) is 21.0. The minimum atomic E-state index is -0.961. The van der Waals surface area contributed by atoms with Gasteiger partial charge in [0.2, 0.25) is 0 Å². The molecule has 15 heavy (non-hydrogen) atoms. The van der Waals surface area contributed by atoms with Crippen molar-refractivity contribution in [3.05, 3.63) is 0 Å². The van der Waals surface area contributed by atoms with Crippen molar-refractivity contribution in [2.24, 2.45) is 5.73 Å². The smallest absolute Gasteiger partial charge is 0.320 e. The quantitative estimate of drug-likeness (QED) is 0.449. The van der Waals surface area contributed by atoms with Gasteiger partial charge in [0.05, 0.1) is 6.61 Å². The number of carbonyl (C=O) groups is 2. The van der Waals surface area contributed by atoms with Crippen LogP contribution >= 0.6 is 0 Å². The van der Waals surface area contributed by atoms with Crippen molar-refractivity contribution in [2.45, 2.75) is 44.2 Å². The maximum absolute atomic E-state index is 11.2. The second-order valence-electron chi connectivity index (χ2n) is 3.83. The summed E-state index contributed by atoms with van der Waals surface area (Å²) in [6.45, 7) is 0.572. The number of hydrogen-bond donors (Lipinski definition) is 2. The van der Waals surface area contributed by atoms with Gasteiger partial charge in [0.1, 0.15) is 12.1 Å². The Morgan fingerprint density at radius 2 is 2.07 bits per heavy atom. The lowest BCUT2D eigenvalue weighted by molar-refractivity contribution is -0.138. The minimum Gasteiger partial charge on any atom is -0.480 e. The number of unbranched alkanes of at least 4 members (excludes halogenated alkanes) is 2. The van der Waals surface area contributed by atoms with Gasteiger partial charge in [-0.15, -0.1) is 0 Å². The maximum atomic E-state index is 11.2. The summed E-state index contributed by atoms with van der Waals surface area (Å²) < 4.78 is 4.85. The number of rotatable bonds is 8. The molecule has 5 heteroatoms. The molecule has 1 aliphatic heterocycles. The van der Waals surface area contributed by atoms with Crippen LogP contribution in [0, 0.1) is 0 Å². The standard InChI is InChI=1S/C10H17NO4/c11-7(10(13)14)4-2-1-3-5-8(12)9-6-15-9/h7,9H,1-6,11H2,(H,13,14). The zero-order valence-corrected chi connectivity index (χ0v) is 8.65. The number of ketones is 1. The average Bonchev–Trinajstić information content (AvgIpc) is 2.99. The molecule has 0 spiro atoms. The Morgan fingerprint density at radius 3 is 2.60 bits per heavy atom. The van der Waals surface area contributed by atoms with E-state index in [4.69, 9.17) is 15.6 Å². The largest absolute Gasteiger partial charge is 0.480 e. The molecular formula is C10H17NO4. The van der Waals surface area contributed by atoms with Crippen molar-refractivity contribution >= 4 is 11.8 Å². The van der Waals surface area contributed by atoms with Crippen LogP contribution in [0.4, 0.5) is 0 Å². The predicted molar refractivity (Wildman–Crippen MR) is 53.4 cm³/mol. The highest BCUT2D eigenvalue weighted by Crippen LogP contribution is 2.14. The SMILES string of the molecule is NC(CCCCCC(=O)C1CO1)C(=O)O. The molecule has 1 rings (SSSR count). The third-order valence-electron chi connectivity index (χ3n) is 2.45. The van der Waals surface area contributed by atoms with Gasteiger partial charge in [-0.2, -0.15) is 0 Å². The lowest BCUT2D eigenvalue weighted by Gasteiger charge is -2.04. The van der Waals surface area contributed by atoms with E-state index in [1.165, 1.54) is 0 Å². The highest BCUT2D eigenvalue weighted by molar-refractivity contribution is 5.84. The first-order valence-corrected chi connectivity index (χ1v) is 5.24. The van der Waals surface area contributed by atoms with Gasteiger partial charge in [0.15, 0.2) is 5.78 Å². The van der Waals surface area contributed by atoms with Gasteiger partial charge in [0, 0.05) is 6.42 Å². The number of carbonyl (C=O) groups excluding carboxylic acids is 1. The van der Waals surface area contributed by atoms with E-state index < -0.39 is 12.0 Å². The first-order chi connectivity index (χ1) is 7.11. The van der Waals surface area contributed by atoms with Crippen LogP contribution < -0.4 is 5.73 Å². The summed E-state index contributed by atoms with van der Waals surface area (Å²) in [5, 5.41) is 8.51. The monoisotopic (exact) mass is 215 g/mol. The van der Waals surface area contributed by atoms with Crippen LogP contribution in [0.15, 0.2) is 0 Å². The second-order valence-corrected chi connectivity index (χ2v) is 3.83. The van der Waals surface area contributed by atoms with Crippen molar-refractivity contribution in [1.82, 2.24) is 0 Å². The Bertz CT molecular complexity index is 238. The molecule has 1 saturated heterocycles. The number of aliphatic carboxylic acids is 1. The summed E-state index contributed by atoms with van der Waals surface area (Å²) in [6.07, 6.45) is 3.26. The fourth-order valence-electron chi connectivity index (χ4n) is 1.36. The lowest BCUT2D eigenvalue weighted by atomic mass is 10.1. The van der Waals surface area contributed by atoms with E-state index in [9.17, 15) is 9.59 Å². The Balaban J connectivity index is 1.92. The number of ether oxygens (including phenoxy) is 1. The molecule has 1 aliphatic rings. The molecule has 3 N–H and O–H groups in total. The highest BCUT2D eigenvalue weighted by atomic mass is 16.6. The molecule has 1 fully saturated rings. The molecule has 1 heterocycles. The van der Waals surface area contributed by atoms with Crippen LogP contribution in [-0.2, 0) is 14.3 Å². The van der Waals surface area contributed by atoms with E-state index in [0.29, 0.717) is 19.4 Å². The van der Waals surface area contributed by atoms with E-state index in [1.54, 1.807) is 0 Å². The van der Waals surface area contributed by atoms with Crippen molar-refractivity contribution in [3.63, 3.8) is 0 Å². The summed E-state index contributed by atoms with van der Waals surface area (Å²) in [7, 11) is 0. The summed E-state index contributed by atoms with van der Waals surface area (Å²) in [4.78, 5) is 21.5. The molecule has 5 nitrogen and oxygen atoms in total. The van der Waals surface area contributed by atoms with E-state index in [-0.39, 0.29) is 11.9 Å². The van der Waals surface area contributed by atoms with Crippen LogP contribution in [0.2, 0.25) is 0 Å². The van der Waals surface area contributed by atoms with Gasteiger partial charge in [-0.25, -0.2) is 0 Å². The number of carboxylic acids is 1. The molecule has 0 amide bonds. The molecule has 86 valence electrons. The van der Waals surface area contributed by atoms with Crippen LogP contribution in [0.25, 0.3) is 0 Å². The molecule has 0 radical (unpaired) electrons. The third-order valence-corrected chi connectivity index (χ3v) is 2.45. The molecule has 0 aromatic carbocycles. The average molecular weight is 215 g/mol. The predicted octanol–water partition coefficient (Wildman–Crippen LogP) is 0.317. The Kier molecular flexibility index (Phi) is 4.71. The van der Waals surface area contributed by atoms with Crippen molar-refractivity contribution in [3.8, 4) is 0 Å². The van der Waals surface area contributed by atoms with Crippen molar-refractivity contribution in [2.75, 3.05) is 6.61 Å². The van der Waals surface area contributed by atoms with E-state index in [1.807, 2.05) is 0 Å². The molecule has 0 aromatic heterocycles. The van der Waals surface area contributed by atoms with E-state index >= 15 is 0 Å². The molecule has 0 bridgehead atoms. The highest BCUT2D eigenvalue weighted by Gasteiger charge is 2.29. The number of hydrogen-bond acceptors (Lipinski definition) is 4. The first kappa shape index (κ1) is 12.1. The van der Waals surface area contributed by atoms with Crippen LogP contribution in [-0.4, -0.2) is 35.6 Å². The summed E-state index contributed by atoms with van der Waals surface area (Å²) in [5.74, 6) is -0.796. The molecule has 2 unspecified atom stereocenters. The third kappa shape index (κ3) is 4.90. The number of nitrogens with two attached hydrogens (primary N) is 1. The Hall–Kier alpha value is -0.940. The van der Waals surface area contributed by atoms with Gasteiger partial charge in [-0.3, -0.25) is 9.59 Å². The van der Waals surface area contributed by atoms with Crippen LogP contribution in [0.3, 0.4) is 0 Å². The van der Waals surface area contributed by atoms with E-state index in [0.717, 1.165) is 19.3 Å². The Morgan fingerprint density at radius 1 is 1.40 bits per heavy atom. The van der Waals surface area contributed by atoms with Gasteiger partial charge >= 0.3 is 5.97 Å². The van der Waals surface area contributed by atoms with Crippen molar-refractivity contribution < 1.29 is 19.4 Å². The van der Waals surface area contributed by atoms with Crippen LogP contribution in [0.1, 0.15) is 32.1 Å². The minimum absolute atomic E-state index is 0.147. The summed E-state index contributed by atoms with van der Waals surface area (Å²) >= 11 is 0. The second kappa shape index (κ2) is 5.82. The van der Waals surface area contributed by atoms with Gasteiger partial charge in [-0.1, -0.05) is 12.8 Å². The van der Waals surface area contributed by atoms with Gasteiger partial charge in [-0.05, 0) is 12.8 Å². The topological polar surface area (TPSA) is 92.9 Å². The first-order valence-electron chi connectivity index (χ1n) is 5.24. The van der Waals surface area contributed by atoms with Gasteiger partial charge < -0.3 is 15.6 Å². The lowest BCUT2D eigenvalue weighted by Crippen LogP contribution is -2.29. The molecule has 0 aromatic rings. The summed E-state index contributed by atoms with van der Waals surface area (Å²) in [6, 6.07) is -0.771.